The summed E-state index contributed by atoms with van der Waals surface area (Å²) in [6.07, 6.45) is -3.92. The van der Waals surface area contributed by atoms with E-state index in [9.17, 15) is 23.9 Å². The molecule has 1 aromatic carbocycles. The Morgan fingerprint density at radius 2 is 1.72 bits per heavy atom. The van der Waals surface area contributed by atoms with Gasteiger partial charge in [0, 0.05) is 18.0 Å². The Kier molecular flexibility index (Phi) is 6.97. The molecule has 158 valence electrons. The van der Waals surface area contributed by atoms with E-state index in [4.69, 9.17) is 5.11 Å². The molecule has 1 aromatic heterocycles. The summed E-state index contributed by atoms with van der Waals surface area (Å²) in [4.78, 5) is 36.3. The van der Waals surface area contributed by atoms with E-state index in [-0.39, 0.29) is 5.92 Å². The molecule has 0 fully saturated rings. The molecule has 0 aliphatic carbocycles. The first kappa shape index (κ1) is 22.4. The number of carbonyl (C=O) groups excluding carboxylic acids is 2. The first-order chi connectivity index (χ1) is 13.5. The van der Waals surface area contributed by atoms with Gasteiger partial charge in [0.2, 0.25) is 12.1 Å². The van der Waals surface area contributed by atoms with Gasteiger partial charge in [0.15, 0.2) is 0 Å². The molecule has 29 heavy (non-hydrogen) atoms. The molecule has 0 saturated carbocycles. The van der Waals surface area contributed by atoms with Crippen LogP contribution in [0.2, 0.25) is 0 Å². The highest BCUT2D eigenvalue weighted by Gasteiger charge is 2.35. The summed E-state index contributed by atoms with van der Waals surface area (Å²) in [7, 11) is 1.73. The van der Waals surface area contributed by atoms with Crippen LogP contribution in [0, 0.1) is 5.92 Å². The Balaban J connectivity index is 2.22. The largest absolute Gasteiger partial charge is 0.479 e. The van der Waals surface area contributed by atoms with Crippen LogP contribution in [0.25, 0.3) is 10.9 Å². The van der Waals surface area contributed by atoms with Crippen LogP contribution in [0.3, 0.4) is 0 Å². The molecule has 2 amide bonds. The first-order valence-corrected chi connectivity index (χ1v) is 9.25. The number of fused-ring (bicyclic) bond motifs is 1. The van der Waals surface area contributed by atoms with Gasteiger partial charge in [0.05, 0.1) is 12.1 Å². The van der Waals surface area contributed by atoms with Gasteiger partial charge in [-0.05, 0) is 25.0 Å². The molecule has 2 rings (SSSR count). The van der Waals surface area contributed by atoms with Crippen molar-refractivity contribution in [2.24, 2.45) is 13.0 Å². The van der Waals surface area contributed by atoms with Crippen LogP contribution in [-0.4, -0.2) is 56.9 Å². The fourth-order valence-corrected chi connectivity index (χ4v) is 3.10. The zero-order chi connectivity index (χ0) is 21.9. The molecular formula is C20H26FN3O5. The zero-order valence-electron chi connectivity index (χ0n) is 16.7. The summed E-state index contributed by atoms with van der Waals surface area (Å²) in [5.74, 6) is -3.44. The van der Waals surface area contributed by atoms with E-state index in [1.54, 1.807) is 31.5 Å². The first-order valence-electron chi connectivity index (χ1n) is 9.25. The lowest BCUT2D eigenvalue weighted by Gasteiger charge is -2.27. The van der Waals surface area contributed by atoms with Crippen LogP contribution >= 0.6 is 0 Å². The lowest BCUT2D eigenvalue weighted by Crippen LogP contribution is -2.57. The molecule has 0 aliphatic heterocycles. The average molecular weight is 407 g/mol. The van der Waals surface area contributed by atoms with E-state index in [2.05, 4.69) is 10.6 Å². The van der Waals surface area contributed by atoms with Gasteiger partial charge in [0.25, 0.3) is 5.91 Å². The summed E-state index contributed by atoms with van der Waals surface area (Å²) >= 11 is 0. The number of rotatable bonds is 8. The average Bonchev–Trinajstić information content (AvgIpc) is 2.99. The predicted molar refractivity (Wildman–Crippen MR) is 105 cm³/mol. The quantitative estimate of drug-likeness (QED) is 0.524. The Bertz CT molecular complexity index is 909. The van der Waals surface area contributed by atoms with E-state index in [1.165, 1.54) is 6.92 Å². The van der Waals surface area contributed by atoms with Gasteiger partial charge in [0.1, 0.15) is 11.7 Å². The lowest BCUT2D eigenvalue weighted by atomic mass is 10.0. The highest BCUT2D eigenvalue weighted by molar-refractivity contribution is 6.00. The van der Waals surface area contributed by atoms with Crippen LogP contribution < -0.4 is 10.6 Å². The van der Waals surface area contributed by atoms with Crippen molar-refractivity contribution < 1.29 is 29.0 Å². The van der Waals surface area contributed by atoms with Crippen LogP contribution in [0.1, 0.15) is 31.3 Å². The third kappa shape index (κ3) is 4.92. The maximum Gasteiger partial charge on any atom is 0.340 e. The summed E-state index contributed by atoms with van der Waals surface area (Å²) in [5, 5.41) is 24.2. The Morgan fingerprint density at radius 3 is 2.24 bits per heavy atom. The number of nitrogens with zero attached hydrogens (tertiary/aromatic N) is 1. The molecule has 4 N–H and O–H groups in total. The molecule has 9 heteroatoms. The third-order valence-corrected chi connectivity index (χ3v) is 4.80. The van der Waals surface area contributed by atoms with Crippen LogP contribution in [0.5, 0.6) is 0 Å². The van der Waals surface area contributed by atoms with Gasteiger partial charge in [-0.2, -0.15) is 0 Å². The SMILES string of the molecule is CC(O)C(NC(=O)[C@@H](NC(=O)c1cc2ccccc2n1C)C(C)C)C(F)C(=O)O. The van der Waals surface area contributed by atoms with Gasteiger partial charge in [-0.3, -0.25) is 9.59 Å². The maximum absolute atomic E-state index is 13.9. The molecule has 1 heterocycles. The van der Waals surface area contributed by atoms with Gasteiger partial charge in [-0.15, -0.1) is 0 Å². The second-order valence-electron chi connectivity index (χ2n) is 7.36. The van der Waals surface area contributed by atoms with Crippen molar-refractivity contribution in [1.29, 1.82) is 0 Å². The Morgan fingerprint density at radius 1 is 1.10 bits per heavy atom. The summed E-state index contributed by atoms with van der Waals surface area (Å²) in [6, 6.07) is 6.42. The van der Waals surface area contributed by atoms with Gasteiger partial charge in [-0.25, -0.2) is 9.18 Å². The van der Waals surface area contributed by atoms with Crippen molar-refractivity contribution in [3.05, 3.63) is 36.0 Å². The number of aliphatic carboxylic acids is 1. The van der Waals surface area contributed by atoms with Crippen molar-refractivity contribution in [2.45, 2.75) is 45.1 Å². The normalized spacial score (nSPS) is 15.6. The van der Waals surface area contributed by atoms with Crippen molar-refractivity contribution in [1.82, 2.24) is 15.2 Å². The monoisotopic (exact) mass is 407 g/mol. The summed E-state index contributed by atoms with van der Waals surface area (Å²) < 4.78 is 15.6. The third-order valence-electron chi connectivity index (χ3n) is 4.80. The van der Waals surface area contributed by atoms with Crippen LogP contribution in [-0.2, 0) is 16.6 Å². The molecule has 3 unspecified atom stereocenters. The molecule has 0 bridgehead atoms. The number of alkyl halides is 1. The second-order valence-corrected chi connectivity index (χ2v) is 7.36. The molecule has 2 aromatic rings. The maximum atomic E-state index is 13.9. The number of halogens is 1. The van der Waals surface area contributed by atoms with Crippen LogP contribution in [0.4, 0.5) is 4.39 Å². The second kappa shape index (κ2) is 9.04. The molecule has 0 spiro atoms. The number of aliphatic hydroxyl groups excluding tert-OH is 1. The number of aliphatic hydroxyl groups is 1. The Labute approximate surface area is 167 Å². The molecule has 4 atom stereocenters. The fraction of sp³-hybridized carbons (Fsp3) is 0.450. The zero-order valence-corrected chi connectivity index (χ0v) is 16.7. The lowest BCUT2D eigenvalue weighted by molar-refractivity contribution is -0.146. The van der Waals surface area contributed by atoms with Crippen LogP contribution in [0.15, 0.2) is 30.3 Å². The van der Waals surface area contributed by atoms with E-state index < -0.39 is 42.1 Å². The number of benzene rings is 1. The van der Waals surface area contributed by atoms with E-state index in [0.29, 0.717) is 5.69 Å². The fourth-order valence-electron chi connectivity index (χ4n) is 3.10. The molecular weight excluding hydrogens is 381 g/mol. The number of hydrogen-bond acceptors (Lipinski definition) is 4. The van der Waals surface area contributed by atoms with E-state index in [1.807, 2.05) is 24.3 Å². The smallest absolute Gasteiger partial charge is 0.340 e. The number of amides is 2. The van der Waals surface area contributed by atoms with E-state index in [0.717, 1.165) is 10.9 Å². The minimum absolute atomic E-state index is 0.339. The van der Waals surface area contributed by atoms with Crippen molar-refractivity contribution in [3.8, 4) is 0 Å². The number of para-hydroxylation sites is 1. The van der Waals surface area contributed by atoms with Crippen molar-refractivity contribution in [2.75, 3.05) is 0 Å². The van der Waals surface area contributed by atoms with Crippen molar-refractivity contribution >= 4 is 28.7 Å². The number of carbonyl (C=O) groups is 3. The van der Waals surface area contributed by atoms with Gasteiger partial charge < -0.3 is 25.4 Å². The molecule has 0 aliphatic rings. The van der Waals surface area contributed by atoms with Gasteiger partial charge >= 0.3 is 5.97 Å². The van der Waals surface area contributed by atoms with E-state index >= 15 is 0 Å². The number of carboxylic acid groups (broad SMARTS) is 1. The number of aromatic nitrogens is 1. The number of hydrogen-bond donors (Lipinski definition) is 4. The standard InChI is InChI=1S/C20H26FN3O5/c1-10(2)16(19(27)23-17(11(3)25)15(21)20(28)29)22-18(26)14-9-12-7-5-6-8-13(12)24(14)4/h5-11,15-17,25H,1-4H3,(H,22,26)(H,23,27)(H,28,29)/t11?,15?,16-,17?/m0/s1. The number of aryl methyl sites for hydroxylation is 1. The summed E-state index contributed by atoms with van der Waals surface area (Å²) in [6.45, 7) is 4.56. The minimum Gasteiger partial charge on any atom is -0.479 e. The van der Waals surface area contributed by atoms with Gasteiger partial charge in [-0.1, -0.05) is 32.0 Å². The highest BCUT2D eigenvalue weighted by Crippen LogP contribution is 2.18. The molecule has 0 saturated heterocycles. The molecule has 8 nitrogen and oxygen atoms in total. The molecule has 0 radical (unpaired) electrons. The number of carboxylic acids is 1. The Hall–Kier alpha value is -2.94. The summed E-state index contributed by atoms with van der Waals surface area (Å²) in [5.41, 5.74) is 1.18. The minimum atomic E-state index is -2.49. The topological polar surface area (TPSA) is 121 Å². The van der Waals surface area contributed by atoms with Crippen molar-refractivity contribution in [3.63, 3.8) is 0 Å². The number of nitrogens with one attached hydrogen (secondary N) is 2. The highest BCUT2D eigenvalue weighted by atomic mass is 19.1. The predicted octanol–water partition coefficient (Wildman–Crippen LogP) is 1.22.